The molecule has 1 N–H and O–H groups in total. The number of para-hydroxylation sites is 1. The summed E-state index contributed by atoms with van der Waals surface area (Å²) in [5, 5.41) is 2.80. The summed E-state index contributed by atoms with van der Waals surface area (Å²) in [7, 11) is -3.39. The number of amides is 1. The fourth-order valence-electron chi connectivity index (χ4n) is 2.72. The number of benzene rings is 2. The third kappa shape index (κ3) is 6.88. The Morgan fingerprint density at radius 1 is 1.07 bits per heavy atom. The van der Waals surface area contributed by atoms with Crippen LogP contribution >= 0.6 is 0 Å². The largest absolute Gasteiger partial charge is 0.492 e. The first kappa shape index (κ1) is 21.8. The quantitative estimate of drug-likeness (QED) is 0.618. The van der Waals surface area contributed by atoms with Crippen LogP contribution in [0.25, 0.3) is 0 Å². The average molecular weight is 405 g/mol. The molecule has 2 rings (SSSR count). The van der Waals surface area contributed by atoms with Crippen molar-refractivity contribution in [1.29, 1.82) is 0 Å². The van der Waals surface area contributed by atoms with Crippen LogP contribution in [0.1, 0.15) is 24.0 Å². The molecule has 2 aromatic rings. The summed E-state index contributed by atoms with van der Waals surface area (Å²) in [5.74, 6) is 0.661. The Kier molecular flexibility index (Phi) is 7.87. The van der Waals surface area contributed by atoms with E-state index >= 15 is 0 Å². The van der Waals surface area contributed by atoms with Crippen molar-refractivity contribution in [2.75, 3.05) is 30.3 Å². The lowest BCUT2D eigenvalue weighted by atomic mass is 10.1. The first-order valence-electron chi connectivity index (χ1n) is 9.27. The van der Waals surface area contributed by atoms with Gasteiger partial charge in [0.1, 0.15) is 12.4 Å². The van der Waals surface area contributed by atoms with E-state index in [9.17, 15) is 13.2 Å². The Morgan fingerprint density at radius 2 is 1.79 bits per heavy atom. The predicted octanol–water partition coefficient (Wildman–Crippen LogP) is 3.04. The van der Waals surface area contributed by atoms with Crippen molar-refractivity contribution in [3.63, 3.8) is 0 Å². The van der Waals surface area contributed by atoms with Crippen LogP contribution in [0.15, 0.2) is 48.5 Å². The summed E-state index contributed by atoms with van der Waals surface area (Å²) in [6.07, 6.45) is 1.86. The Bertz CT molecular complexity index is 883. The van der Waals surface area contributed by atoms with Crippen molar-refractivity contribution in [2.24, 2.45) is 0 Å². The molecule has 0 saturated heterocycles. The maximum Gasteiger partial charge on any atom is 0.232 e. The normalized spacial score (nSPS) is 11.1. The molecule has 0 bridgehead atoms. The number of anilines is 1. The van der Waals surface area contributed by atoms with Crippen molar-refractivity contribution < 1.29 is 17.9 Å². The van der Waals surface area contributed by atoms with Gasteiger partial charge in [0.05, 0.1) is 18.5 Å². The molecule has 0 aliphatic rings. The Labute approximate surface area is 167 Å². The Balaban J connectivity index is 1.72. The molecule has 152 valence electrons. The highest BCUT2D eigenvalue weighted by Gasteiger charge is 2.17. The molecule has 0 heterocycles. The molecule has 0 spiro atoms. The Morgan fingerprint density at radius 3 is 2.43 bits per heavy atom. The van der Waals surface area contributed by atoms with E-state index < -0.39 is 10.0 Å². The molecule has 0 unspecified atom stereocenters. The summed E-state index contributed by atoms with van der Waals surface area (Å²) >= 11 is 0. The first-order chi connectivity index (χ1) is 13.3. The number of nitrogens with zero attached hydrogens (tertiary/aromatic N) is 1. The SMILES string of the molecule is Cc1ccc(OCCNC(=O)CCCN(c2ccccc2)S(C)(=O)=O)cc1C. The number of carbonyl (C=O) groups is 1. The second-order valence-corrected chi connectivity index (χ2v) is 8.63. The standard InChI is InChI=1S/C21H28N2O4S/c1-17-11-12-20(16-18(17)2)27-15-13-22-21(24)10-7-14-23(28(3,25)26)19-8-5-4-6-9-19/h4-6,8-9,11-12,16H,7,10,13-15H2,1-3H3,(H,22,24). The monoisotopic (exact) mass is 404 g/mol. The highest BCUT2D eigenvalue weighted by Crippen LogP contribution is 2.18. The summed E-state index contributed by atoms with van der Waals surface area (Å²) in [5.41, 5.74) is 2.97. The van der Waals surface area contributed by atoms with Crippen LogP contribution in [-0.4, -0.2) is 40.3 Å². The number of rotatable bonds is 10. The van der Waals surface area contributed by atoms with Gasteiger partial charge in [0.25, 0.3) is 0 Å². The van der Waals surface area contributed by atoms with Crippen molar-refractivity contribution in [3.8, 4) is 5.75 Å². The van der Waals surface area contributed by atoms with Crippen LogP contribution in [0.3, 0.4) is 0 Å². The van der Waals surface area contributed by atoms with Crippen LogP contribution in [0.2, 0.25) is 0 Å². The van der Waals surface area contributed by atoms with E-state index in [0.717, 1.165) is 11.3 Å². The molecule has 0 fully saturated rings. The van der Waals surface area contributed by atoms with Gasteiger partial charge in [0.15, 0.2) is 0 Å². The van der Waals surface area contributed by atoms with E-state index in [-0.39, 0.29) is 18.9 Å². The van der Waals surface area contributed by atoms with Gasteiger partial charge < -0.3 is 10.1 Å². The number of nitrogens with one attached hydrogen (secondary N) is 1. The lowest BCUT2D eigenvalue weighted by molar-refractivity contribution is -0.121. The van der Waals surface area contributed by atoms with Crippen molar-refractivity contribution >= 4 is 21.6 Å². The van der Waals surface area contributed by atoms with Gasteiger partial charge in [-0.05, 0) is 55.7 Å². The van der Waals surface area contributed by atoms with E-state index in [1.807, 2.05) is 38.1 Å². The average Bonchev–Trinajstić information content (AvgIpc) is 2.65. The molecule has 2 aromatic carbocycles. The fraction of sp³-hybridized carbons (Fsp3) is 0.381. The maximum atomic E-state index is 12.0. The maximum absolute atomic E-state index is 12.0. The molecule has 1 amide bonds. The number of aryl methyl sites for hydroxylation is 2. The zero-order valence-corrected chi connectivity index (χ0v) is 17.5. The van der Waals surface area contributed by atoms with Crippen molar-refractivity contribution in [3.05, 3.63) is 59.7 Å². The summed E-state index contributed by atoms with van der Waals surface area (Å²) in [6.45, 7) is 5.12. The van der Waals surface area contributed by atoms with Gasteiger partial charge in [-0.1, -0.05) is 24.3 Å². The summed E-state index contributed by atoms with van der Waals surface area (Å²) in [4.78, 5) is 12.0. The molecule has 0 atom stereocenters. The zero-order valence-electron chi connectivity index (χ0n) is 16.6. The second kappa shape index (κ2) is 10.1. The molecular formula is C21H28N2O4S. The molecule has 0 saturated carbocycles. The molecule has 0 aliphatic heterocycles. The molecule has 0 aromatic heterocycles. The Hall–Kier alpha value is -2.54. The van der Waals surface area contributed by atoms with Crippen LogP contribution in [0.5, 0.6) is 5.75 Å². The van der Waals surface area contributed by atoms with Crippen LogP contribution < -0.4 is 14.4 Å². The first-order valence-corrected chi connectivity index (χ1v) is 11.1. The lowest BCUT2D eigenvalue weighted by Gasteiger charge is -2.22. The lowest BCUT2D eigenvalue weighted by Crippen LogP contribution is -2.32. The highest BCUT2D eigenvalue weighted by atomic mass is 32.2. The third-order valence-corrected chi connectivity index (χ3v) is 5.57. The van der Waals surface area contributed by atoms with Crippen LogP contribution in [-0.2, 0) is 14.8 Å². The number of hydrogen-bond donors (Lipinski definition) is 1. The van der Waals surface area contributed by atoms with Crippen molar-refractivity contribution in [2.45, 2.75) is 26.7 Å². The minimum atomic E-state index is -3.39. The molecule has 6 nitrogen and oxygen atoms in total. The number of carbonyl (C=O) groups excluding carboxylic acids is 1. The number of ether oxygens (including phenoxy) is 1. The minimum Gasteiger partial charge on any atom is -0.492 e. The molecule has 0 radical (unpaired) electrons. The van der Waals surface area contributed by atoms with E-state index in [4.69, 9.17) is 4.74 Å². The van der Waals surface area contributed by atoms with E-state index in [1.54, 1.807) is 24.3 Å². The van der Waals surface area contributed by atoms with Crippen LogP contribution in [0, 0.1) is 13.8 Å². The topological polar surface area (TPSA) is 75.7 Å². The van der Waals surface area contributed by atoms with Gasteiger partial charge in [-0.3, -0.25) is 9.10 Å². The van der Waals surface area contributed by atoms with E-state index in [1.165, 1.54) is 16.1 Å². The number of hydrogen-bond acceptors (Lipinski definition) is 4. The second-order valence-electron chi connectivity index (χ2n) is 6.72. The van der Waals surface area contributed by atoms with Gasteiger partial charge in [0, 0.05) is 13.0 Å². The summed E-state index contributed by atoms with van der Waals surface area (Å²) < 4.78 is 31.0. The van der Waals surface area contributed by atoms with Gasteiger partial charge in [-0.25, -0.2) is 8.42 Å². The highest BCUT2D eigenvalue weighted by molar-refractivity contribution is 7.92. The smallest absolute Gasteiger partial charge is 0.232 e. The zero-order chi connectivity index (χ0) is 20.6. The van der Waals surface area contributed by atoms with Gasteiger partial charge >= 0.3 is 0 Å². The molecular weight excluding hydrogens is 376 g/mol. The fourth-order valence-corrected chi connectivity index (χ4v) is 3.68. The van der Waals surface area contributed by atoms with Gasteiger partial charge in [-0.15, -0.1) is 0 Å². The minimum absolute atomic E-state index is 0.120. The third-order valence-electron chi connectivity index (χ3n) is 4.38. The molecule has 28 heavy (non-hydrogen) atoms. The van der Waals surface area contributed by atoms with E-state index in [0.29, 0.717) is 25.3 Å². The van der Waals surface area contributed by atoms with Crippen molar-refractivity contribution in [1.82, 2.24) is 5.32 Å². The molecule has 0 aliphatic carbocycles. The van der Waals surface area contributed by atoms with Gasteiger partial charge in [0.2, 0.25) is 15.9 Å². The van der Waals surface area contributed by atoms with Gasteiger partial charge in [-0.2, -0.15) is 0 Å². The predicted molar refractivity (Wildman–Crippen MR) is 112 cm³/mol. The number of sulfonamides is 1. The van der Waals surface area contributed by atoms with Crippen LogP contribution in [0.4, 0.5) is 5.69 Å². The molecule has 7 heteroatoms. The van der Waals surface area contributed by atoms with E-state index in [2.05, 4.69) is 5.32 Å². The summed E-state index contributed by atoms with van der Waals surface area (Å²) in [6, 6.07) is 14.8.